The number of hydrogen-bond donors (Lipinski definition) is 0. The maximum atomic E-state index is 12.1. The summed E-state index contributed by atoms with van der Waals surface area (Å²) in [4.78, 5) is 23.2. The van der Waals surface area contributed by atoms with Gasteiger partial charge in [-0.1, -0.05) is 30.3 Å². The molecule has 0 radical (unpaired) electrons. The van der Waals surface area contributed by atoms with Gasteiger partial charge in [0.1, 0.15) is 13.2 Å². The van der Waals surface area contributed by atoms with Gasteiger partial charge in [0.15, 0.2) is 17.3 Å². The fraction of sp³-hybridized carbons (Fsp3) is 0.222. The van der Waals surface area contributed by atoms with E-state index < -0.39 is 5.97 Å². The zero-order valence-corrected chi connectivity index (χ0v) is 13.1. The van der Waals surface area contributed by atoms with Crippen LogP contribution in [0.2, 0.25) is 0 Å². The normalized spacial score (nSPS) is 10.0. The summed E-state index contributed by atoms with van der Waals surface area (Å²) in [5, 5.41) is 0. The van der Waals surface area contributed by atoms with Crippen LogP contribution in [0.4, 0.5) is 0 Å². The van der Waals surface area contributed by atoms with Crippen molar-refractivity contribution < 1.29 is 23.8 Å². The Hall–Kier alpha value is -2.82. The van der Waals surface area contributed by atoms with Crippen molar-refractivity contribution in [2.45, 2.75) is 13.5 Å². The van der Waals surface area contributed by atoms with Crippen molar-refractivity contribution in [2.75, 3.05) is 13.7 Å². The lowest BCUT2D eigenvalue weighted by atomic mass is 10.2. The summed E-state index contributed by atoms with van der Waals surface area (Å²) in [5.41, 5.74) is 1.24. The first-order valence-electron chi connectivity index (χ1n) is 7.11. The minimum Gasteiger partial charge on any atom is -0.493 e. The molecule has 0 aliphatic heterocycles. The van der Waals surface area contributed by atoms with E-state index >= 15 is 0 Å². The van der Waals surface area contributed by atoms with Gasteiger partial charge in [-0.05, 0) is 30.7 Å². The Balaban J connectivity index is 2.07. The second-order valence-electron chi connectivity index (χ2n) is 4.92. The van der Waals surface area contributed by atoms with Crippen molar-refractivity contribution in [3.63, 3.8) is 0 Å². The summed E-state index contributed by atoms with van der Waals surface area (Å²) in [5.74, 6) is 0.191. The molecule has 0 bridgehead atoms. The molecule has 0 heterocycles. The smallest absolute Gasteiger partial charge is 0.338 e. The van der Waals surface area contributed by atoms with Crippen LogP contribution in [0.5, 0.6) is 11.5 Å². The van der Waals surface area contributed by atoms with Crippen molar-refractivity contribution >= 4 is 11.8 Å². The van der Waals surface area contributed by atoms with Gasteiger partial charge < -0.3 is 14.2 Å². The van der Waals surface area contributed by atoms with Crippen molar-refractivity contribution in [2.24, 2.45) is 0 Å². The Labute approximate surface area is 134 Å². The monoisotopic (exact) mass is 314 g/mol. The van der Waals surface area contributed by atoms with Crippen LogP contribution in [-0.2, 0) is 16.1 Å². The van der Waals surface area contributed by atoms with E-state index in [9.17, 15) is 9.59 Å². The number of ether oxygens (including phenoxy) is 3. The molecule has 0 unspecified atom stereocenters. The number of carbonyl (C=O) groups is 2. The Bertz CT molecular complexity index is 679. The zero-order valence-electron chi connectivity index (χ0n) is 13.1. The van der Waals surface area contributed by atoms with Gasteiger partial charge in [0, 0.05) is 0 Å². The topological polar surface area (TPSA) is 61.8 Å². The number of benzene rings is 2. The van der Waals surface area contributed by atoms with Gasteiger partial charge in [-0.3, -0.25) is 4.79 Å². The molecular weight excluding hydrogens is 296 g/mol. The van der Waals surface area contributed by atoms with Gasteiger partial charge in [0.25, 0.3) is 0 Å². The number of carbonyl (C=O) groups excluding carboxylic acids is 2. The van der Waals surface area contributed by atoms with E-state index in [4.69, 9.17) is 14.2 Å². The summed E-state index contributed by atoms with van der Waals surface area (Å²) < 4.78 is 15.8. The summed E-state index contributed by atoms with van der Waals surface area (Å²) in [6, 6.07) is 14.1. The Morgan fingerprint density at radius 1 is 1.00 bits per heavy atom. The molecule has 2 rings (SSSR count). The minimum absolute atomic E-state index is 0.0844. The second-order valence-corrected chi connectivity index (χ2v) is 4.92. The minimum atomic E-state index is -0.468. The van der Waals surface area contributed by atoms with Crippen LogP contribution in [-0.4, -0.2) is 25.5 Å². The summed E-state index contributed by atoms with van der Waals surface area (Å²) >= 11 is 0. The molecule has 0 saturated heterocycles. The molecule has 0 N–H and O–H groups in total. The van der Waals surface area contributed by atoms with Crippen LogP contribution >= 0.6 is 0 Å². The van der Waals surface area contributed by atoms with Crippen LogP contribution in [0.1, 0.15) is 22.8 Å². The molecule has 5 nitrogen and oxygen atoms in total. The fourth-order valence-corrected chi connectivity index (χ4v) is 1.90. The third-order valence-electron chi connectivity index (χ3n) is 3.04. The SMILES string of the molecule is COc1ccc(C(=O)OCc2ccccc2)cc1OCC(C)=O. The zero-order chi connectivity index (χ0) is 16.7. The number of esters is 1. The summed E-state index contributed by atoms with van der Waals surface area (Å²) in [7, 11) is 1.49. The highest BCUT2D eigenvalue weighted by atomic mass is 16.5. The lowest BCUT2D eigenvalue weighted by Gasteiger charge is -2.11. The molecule has 0 atom stereocenters. The molecule has 5 heteroatoms. The van der Waals surface area contributed by atoms with Gasteiger partial charge >= 0.3 is 5.97 Å². The Morgan fingerprint density at radius 3 is 2.39 bits per heavy atom. The number of hydrogen-bond acceptors (Lipinski definition) is 5. The first-order chi connectivity index (χ1) is 11.1. The van der Waals surface area contributed by atoms with Crippen LogP contribution in [0.15, 0.2) is 48.5 Å². The van der Waals surface area contributed by atoms with Crippen molar-refractivity contribution in [1.29, 1.82) is 0 Å². The molecule has 0 amide bonds. The highest BCUT2D eigenvalue weighted by Gasteiger charge is 2.13. The maximum absolute atomic E-state index is 12.1. The lowest BCUT2D eigenvalue weighted by molar-refractivity contribution is -0.118. The maximum Gasteiger partial charge on any atom is 0.338 e. The molecule has 120 valence electrons. The molecule has 2 aromatic carbocycles. The van der Waals surface area contributed by atoms with Gasteiger partial charge in [-0.2, -0.15) is 0 Å². The van der Waals surface area contributed by atoms with Gasteiger partial charge in [0.05, 0.1) is 12.7 Å². The van der Waals surface area contributed by atoms with Crippen LogP contribution < -0.4 is 9.47 Å². The van der Waals surface area contributed by atoms with E-state index in [0.29, 0.717) is 17.1 Å². The van der Waals surface area contributed by atoms with E-state index in [1.807, 2.05) is 30.3 Å². The summed E-state index contributed by atoms with van der Waals surface area (Å²) in [6.45, 7) is 1.53. The molecule has 0 spiro atoms. The number of methoxy groups -OCH3 is 1. The first kappa shape index (κ1) is 16.5. The molecule has 23 heavy (non-hydrogen) atoms. The largest absolute Gasteiger partial charge is 0.493 e. The Morgan fingerprint density at radius 2 is 1.74 bits per heavy atom. The van der Waals surface area contributed by atoms with Gasteiger partial charge in [-0.15, -0.1) is 0 Å². The number of rotatable bonds is 7. The van der Waals surface area contributed by atoms with Crippen molar-refractivity contribution in [1.82, 2.24) is 0 Å². The molecule has 0 fully saturated rings. The van der Waals surface area contributed by atoms with Crippen molar-refractivity contribution in [3.05, 3.63) is 59.7 Å². The average molecular weight is 314 g/mol. The number of ketones is 1. The highest BCUT2D eigenvalue weighted by Crippen LogP contribution is 2.28. The molecule has 2 aromatic rings. The second kappa shape index (κ2) is 7.98. The van der Waals surface area contributed by atoms with Crippen LogP contribution in [0.3, 0.4) is 0 Å². The predicted octanol–water partition coefficient (Wildman–Crippen LogP) is 3.02. The third kappa shape index (κ3) is 4.85. The molecule has 0 saturated carbocycles. The van der Waals surface area contributed by atoms with Gasteiger partial charge in [0.2, 0.25) is 0 Å². The fourth-order valence-electron chi connectivity index (χ4n) is 1.90. The molecule has 0 aliphatic rings. The quantitative estimate of drug-likeness (QED) is 0.735. The standard InChI is InChI=1S/C18H18O5/c1-13(19)11-22-17-10-15(8-9-16(17)21-2)18(20)23-12-14-6-4-3-5-7-14/h3-10H,11-12H2,1-2H3. The average Bonchev–Trinajstić information content (AvgIpc) is 2.58. The summed E-state index contributed by atoms with van der Waals surface area (Å²) in [6.07, 6.45) is 0. The van der Waals surface area contributed by atoms with E-state index in [-0.39, 0.29) is 19.0 Å². The molecule has 0 aliphatic carbocycles. The highest BCUT2D eigenvalue weighted by molar-refractivity contribution is 5.90. The van der Waals surface area contributed by atoms with E-state index in [1.165, 1.54) is 20.1 Å². The molecule has 0 aromatic heterocycles. The lowest BCUT2D eigenvalue weighted by Crippen LogP contribution is -2.09. The Kier molecular flexibility index (Phi) is 5.74. The van der Waals surface area contributed by atoms with Crippen LogP contribution in [0, 0.1) is 0 Å². The van der Waals surface area contributed by atoms with Gasteiger partial charge in [-0.25, -0.2) is 4.79 Å². The van der Waals surface area contributed by atoms with E-state index in [1.54, 1.807) is 12.1 Å². The first-order valence-corrected chi connectivity index (χ1v) is 7.11. The van der Waals surface area contributed by atoms with Crippen LogP contribution in [0.25, 0.3) is 0 Å². The number of Topliss-reactive ketones (excluding diaryl/α,β-unsaturated/α-hetero) is 1. The van der Waals surface area contributed by atoms with E-state index in [2.05, 4.69) is 0 Å². The third-order valence-corrected chi connectivity index (χ3v) is 3.04. The van der Waals surface area contributed by atoms with Crippen molar-refractivity contribution in [3.8, 4) is 11.5 Å². The van der Waals surface area contributed by atoms with E-state index in [0.717, 1.165) is 5.56 Å². The molecular formula is C18H18O5. The predicted molar refractivity (Wildman–Crippen MR) is 84.7 cm³/mol.